The van der Waals surface area contributed by atoms with Gasteiger partial charge in [-0.25, -0.2) is 8.42 Å². The highest BCUT2D eigenvalue weighted by molar-refractivity contribution is 7.92. The van der Waals surface area contributed by atoms with Crippen molar-refractivity contribution in [1.82, 2.24) is 10.2 Å². The average molecular weight is 521 g/mol. The lowest BCUT2D eigenvalue weighted by Gasteiger charge is -2.32. The number of carbonyl (C=O) groups is 2. The molecule has 0 heterocycles. The van der Waals surface area contributed by atoms with Crippen molar-refractivity contribution < 1.29 is 27.7 Å². The Kier molecular flexibility index (Phi) is 9.79. The van der Waals surface area contributed by atoms with E-state index in [4.69, 9.17) is 4.74 Å². The predicted octanol–water partition coefficient (Wildman–Crippen LogP) is 2.70. The minimum Gasteiger partial charge on any atom is -0.497 e. The summed E-state index contributed by atoms with van der Waals surface area (Å²) in [6, 6.07) is 10.9. The molecule has 12 heteroatoms. The van der Waals surface area contributed by atoms with Crippen LogP contribution in [-0.2, 0) is 26.2 Å². The molecule has 0 unspecified atom stereocenters. The third kappa shape index (κ3) is 7.67. The van der Waals surface area contributed by atoms with Gasteiger partial charge >= 0.3 is 0 Å². The van der Waals surface area contributed by atoms with Crippen LogP contribution in [0.1, 0.15) is 32.8 Å². The Balaban J connectivity index is 2.42. The van der Waals surface area contributed by atoms with Crippen LogP contribution in [0.2, 0.25) is 0 Å². The number of ether oxygens (including phenoxy) is 1. The Morgan fingerprint density at radius 2 is 1.78 bits per heavy atom. The number of rotatable bonds is 12. The fraction of sp³-hybridized carbons (Fsp3) is 0.417. The molecular formula is C24H32N4O7S. The maximum absolute atomic E-state index is 13.5. The Bertz CT molecular complexity index is 1190. The van der Waals surface area contributed by atoms with Crippen molar-refractivity contribution in [3.8, 4) is 5.75 Å². The standard InChI is InChI=1S/C24H32N4O7S/c1-6-17(2)25-24(30)18(3)26(15-19-10-12-22(35-4)13-11-19)23(29)16-27(36(5,33)34)20-8-7-9-21(14-20)28(31)32/h7-14,17-18H,6,15-16H2,1-5H3,(H,25,30)/t17-,18-/m0/s1. The topological polar surface area (TPSA) is 139 Å². The van der Waals surface area contributed by atoms with E-state index in [1.54, 1.807) is 31.2 Å². The van der Waals surface area contributed by atoms with E-state index in [0.717, 1.165) is 16.6 Å². The number of hydrogen-bond donors (Lipinski definition) is 1. The van der Waals surface area contributed by atoms with E-state index in [9.17, 15) is 28.1 Å². The molecule has 0 saturated carbocycles. The Morgan fingerprint density at radius 1 is 1.14 bits per heavy atom. The first-order valence-electron chi connectivity index (χ1n) is 11.3. The molecule has 0 radical (unpaired) electrons. The third-order valence-corrected chi connectivity index (χ3v) is 6.83. The summed E-state index contributed by atoms with van der Waals surface area (Å²) in [5, 5.41) is 14.0. The number of nitro benzene ring substituents is 1. The van der Waals surface area contributed by atoms with Crippen molar-refractivity contribution >= 4 is 33.2 Å². The number of non-ortho nitro benzene ring substituents is 1. The number of amides is 2. The number of methoxy groups -OCH3 is 1. The molecular weight excluding hydrogens is 488 g/mol. The van der Waals surface area contributed by atoms with E-state index >= 15 is 0 Å². The van der Waals surface area contributed by atoms with Crippen molar-refractivity contribution in [3.05, 3.63) is 64.2 Å². The third-order valence-electron chi connectivity index (χ3n) is 5.69. The largest absolute Gasteiger partial charge is 0.497 e. The lowest BCUT2D eigenvalue weighted by Crippen LogP contribution is -2.52. The zero-order valence-corrected chi connectivity index (χ0v) is 21.8. The second kappa shape index (κ2) is 12.3. The van der Waals surface area contributed by atoms with E-state index < -0.39 is 33.4 Å². The molecule has 0 spiro atoms. The van der Waals surface area contributed by atoms with Gasteiger partial charge in [0.15, 0.2) is 0 Å². The first-order chi connectivity index (χ1) is 16.9. The second-order valence-electron chi connectivity index (χ2n) is 8.41. The summed E-state index contributed by atoms with van der Waals surface area (Å²) in [7, 11) is -2.47. The van der Waals surface area contributed by atoms with Gasteiger partial charge in [0.25, 0.3) is 5.69 Å². The Labute approximate surface area is 211 Å². The molecule has 0 saturated heterocycles. The van der Waals surface area contributed by atoms with Gasteiger partial charge in [-0.15, -0.1) is 0 Å². The van der Waals surface area contributed by atoms with E-state index in [-0.39, 0.29) is 29.9 Å². The molecule has 2 aromatic carbocycles. The predicted molar refractivity (Wildman–Crippen MR) is 136 cm³/mol. The maximum atomic E-state index is 13.5. The minimum atomic E-state index is -3.99. The average Bonchev–Trinajstić information content (AvgIpc) is 2.84. The first-order valence-corrected chi connectivity index (χ1v) is 13.2. The molecule has 0 aliphatic heterocycles. The van der Waals surface area contributed by atoms with Gasteiger partial charge in [0.05, 0.1) is 24.0 Å². The van der Waals surface area contributed by atoms with E-state index in [1.807, 2.05) is 13.8 Å². The zero-order valence-electron chi connectivity index (χ0n) is 21.0. The van der Waals surface area contributed by atoms with Gasteiger partial charge in [-0.2, -0.15) is 0 Å². The van der Waals surface area contributed by atoms with Gasteiger partial charge in [0.2, 0.25) is 21.8 Å². The summed E-state index contributed by atoms with van der Waals surface area (Å²) in [5.74, 6) is -0.407. The smallest absolute Gasteiger partial charge is 0.271 e. The number of hydrogen-bond acceptors (Lipinski definition) is 7. The second-order valence-corrected chi connectivity index (χ2v) is 10.3. The molecule has 1 N–H and O–H groups in total. The van der Waals surface area contributed by atoms with Gasteiger partial charge in [0.1, 0.15) is 18.3 Å². The zero-order chi connectivity index (χ0) is 27.0. The molecule has 0 aliphatic rings. The molecule has 36 heavy (non-hydrogen) atoms. The van der Waals surface area contributed by atoms with Crippen LogP contribution in [-0.4, -0.2) is 62.0 Å². The molecule has 0 aromatic heterocycles. The number of carbonyl (C=O) groups excluding carboxylic acids is 2. The number of sulfonamides is 1. The van der Waals surface area contributed by atoms with Gasteiger partial charge < -0.3 is 15.0 Å². The molecule has 0 aliphatic carbocycles. The number of anilines is 1. The molecule has 0 fully saturated rings. The monoisotopic (exact) mass is 520 g/mol. The maximum Gasteiger partial charge on any atom is 0.271 e. The summed E-state index contributed by atoms with van der Waals surface area (Å²) in [5.41, 5.74) is 0.361. The fourth-order valence-corrected chi connectivity index (χ4v) is 4.19. The minimum absolute atomic E-state index is 0.0267. The van der Waals surface area contributed by atoms with Gasteiger partial charge in [0, 0.05) is 24.7 Å². The summed E-state index contributed by atoms with van der Waals surface area (Å²) in [6.45, 7) is 4.71. The Hall–Kier alpha value is -3.67. The van der Waals surface area contributed by atoms with E-state index in [1.165, 1.54) is 30.2 Å². The summed E-state index contributed by atoms with van der Waals surface area (Å²) in [6.07, 6.45) is 1.60. The molecule has 0 bridgehead atoms. The number of nitrogens with zero attached hydrogens (tertiary/aromatic N) is 3. The van der Waals surface area contributed by atoms with Crippen LogP contribution in [0.3, 0.4) is 0 Å². The summed E-state index contributed by atoms with van der Waals surface area (Å²) < 4.78 is 31.1. The normalized spacial score (nSPS) is 12.8. The summed E-state index contributed by atoms with van der Waals surface area (Å²) >= 11 is 0. The molecule has 2 rings (SSSR count). The highest BCUT2D eigenvalue weighted by atomic mass is 32.2. The fourth-order valence-electron chi connectivity index (χ4n) is 3.35. The number of nitro groups is 1. The van der Waals surface area contributed by atoms with Gasteiger partial charge in [-0.3, -0.25) is 24.0 Å². The van der Waals surface area contributed by atoms with E-state index in [2.05, 4.69) is 5.32 Å². The van der Waals surface area contributed by atoms with Crippen LogP contribution in [0.25, 0.3) is 0 Å². The van der Waals surface area contributed by atoms with Crippen molar-refractivity contribution in [2.24, 2.45) is 0 Å². The van der Waals surface area contributed by atoms with Crippen LogP contribution in [0, 0.1) is 10.1 Å². The highest BCUT2D eigenvalue weighted by Gasteiger charge is 2.31. The van der Waals surface area contributed by atoms with Crippen molar-refractivity contribution in [3.63, 3.8) is 0 Å². The number of nitrogens with one attached hydrogen (secondary N) is 1. The Morgan fingerprint density at radius 3 is 2.31 bits per heavy atom. The van der Waals surface area contributed by atoms with E-state index in [0.29, 0.717) is 17.7 Å². The van der Waals surface area contributed by atoms with Gasteiger partial charge in [-0.1, -0.05) is 25.1 Å². The molecule has 2 aromatic rings. The van der Waals surface area contributed by atoms with Crippen molar-refractivity contribution in [2.45, 2.75) is 45.8 Å². The molecule has 2 amide bonds. The van der Waals surface area contributed by atoms with Crippen LogP contribution >= 0.6 is 0 Å². The summed E-state index contributed by atoms with van der Waals surface area (Å²) in [4.78, 5) is 38.2. The highest BCUT2D eigenvalue weighted by Crippen LogP contribution is 2.24. The molecule has 2 atom stereocenters. The first kappa shape index (κ1) is 28.6. The SMILES string of the molecule is CC[C@H](C)NC(=O)[C@H](C)N(Cc1ccc(OC)cc1)C(=O)CN(c1cccc([N+](=O)[O-])c1)S(C)(=O)=O. The van der Waals surface area contributed by atoms with Crippen molar-refractivity contribution in [2.75, 3.05) is 24.2 Å². The van der Waals surface area contributed by atoms with Crippen LogP contribution < -0.4 is 14.4 Å². The quantitative estimate of drug-likeness (QED) is 0.335. The lowest BCUT2D eigenvalue weighted by molar-refractivity contribution is -0.384. The molecule has 11 nitrogen and oxygen atoms in total. The van der Waals surface area contributed by atoms with Gasteiger partial charge in [-0.05, 0) is 44.0 Å². The lowest BCUT2D eigenvalue weighted by atomic mass is 10.1. The van der Waals surface area contributed by atoms with Crippen LogP contribution in [0.15, 0.2) is 48.5 Å². The van der Waals surface area contributed by atoms with Crippen molar-refractivity contribution in [1.29, 1.82) is 0 Å². The van der Waals surface area contributed by atoms with Crippen LogP contribution in [0.5, 0.6) is 5.75 Å². The molecule has 196 valence electrons. The van der Waals surface area contributed by atoms with Crippen LogP contribution in [0.4, 0.5) is 11.4 Å². The number of benzene rings is 2.